The molecule has 3 rings (SSSR count). The van der Waals surface area contributed by atoms with E-state index in [1.54, 1.807) is 24.3 Å². The predicted octanol–water partition coefficient (Wildman–Crippen LogP) is 3.88. The second-order valence-electron chi connectivity index (χ2n) is 5.00. The van der Waals surface area contributed by atoms with Crippen molar-refractivity contribution >= 4 is 46.2 Å². The van der Waals surface area contributed by atoms with Gasteiger partial charge in [0.05, 0.1) is 12.3 Å². The number of amides is 1. The molecule has 0 N–H and O–H groups in total. The Morgan fingerprint density at radius 3 is 2.30 bits per heavy atom. The zero-order valence-electron chi connectivity index (χ0n) is 12.5. The van der Waals surface area contributed by atoms with Gasteiger partial charge in [0.15, 0.2) is 5.11 Å². The Hall–Kier alpha value is -2.11. The molecule has 6 heteroatoms. The summed E-state index contributed by atoms with van der Waals surface area (Å²) < 4.78 is 5.43. The quantitative estimate of drug-likeness (QED) is 0.787. The first-order valence-corrected chi connectivity index (χ1v) is 8.01. The lowest BCUT2D eigenvalue weighted by Crippen LogP contribution is -2.32. The first kappa shape index (κ1) is 15.8. The summed E-state index contributed by atoms with van der Waals surface area (Å²) in [7, 11) is 0. The molecule has 2 aromatic carbocycles. The number of halogens is 1. The fourth-order valence-corrected chi connectivity index (χ4v) is 2.94. The zero-order valence-corrected chi connectivity index (χ0v) is 14.1. The number of rotatable bonds is 4. The summed E-state index contributed by atoms with van der Waals surface area (Å²) in [6.07, 6.45) is 0. The molecule has 0 aliphatic carbocycles. The van der Waals surface area contributed by atoms with Gasteiger partial charge in [-0.15, -0.1) is 0 Å². The van der Waals surface area contributed by atoms with E-state index in [1.807, 2.05) is 36.1 Å². The fraction of sp³-hybridized carbons (Fsp3) is 0.176. The SMILES string of the molecule is CCOc1ccc(N2CC(=O)N(c3ccc(Cl)cc3)C2=S)cc1. The molecule has 0 atom stereocenters. The van der Waals surface area contributed by atoms with Crippen molar-refractivity contribution in [3.8, 4) is 5.75 Å². The van der Waals surface area contributed by atoms with Gasteiger partial charge in [0, 0.05) is 10.7 Å². The topological polar surface area (TPSA) is 32.8 Å². The Bertz CT molecular complexity index is 731. The summed E-state index contributed by atoms with van der Waals surface area (Å²) >= 11 is 11.4. The highest BCUT2D eigenvalue weighted by atomic mass is 35.5. The van der Waals surface area contributed by atoms with Crippen LogP contribution in [0.1, 0.15) is 6.92 Å². The summed E-state index contributed by atoms with van der Waals surface area (Å²) in [6, 6.07) is 14.6. The highest BCUT2D eigenvalue weighted by Crippen LogP contribution is 2.28. The Kier molecular flexibility index (Phi) is 4.50. The van der Waals surface area contributed by atoms with Crippen molar-refractivity contribution in [1.29, 1.82) is 0 Å². The maximum atomic E-state index is 12.4. The van der Waals surface area contributed by atoms with Crippen molar-refractivity contribution in [2.75, 3.05) is 23.0 Å². The highest BCUT2D eigenvalue weighted by molar-refractivity contribution is 7.81. The molecular formula is C17H15ClN2O2S. The molecule has 1 fully saturated rings. The summed E-state index contributed by atoms with van der Waals surface area (Å²) in [5, 5.41) is 1.08. The zero-order chi connectivity index (χ0) is 16.4. The van der Waals surface area contributed by atoms with E-state index in [9.17, 15) is 4.79 Å². The Morgan fingerprint density at radius 1 is 1.09 bits per heavy atom. The third kappa shape index (κ3) is 3.16. The van der Waals surface area contributed by atoms with Crippen molar-refractivity contribution in [2.45, 2.75) is 6.92 Å². The van der Waals surface area contributed by atoms with Crippen LogP contribution in [0.15, 0.2) is 48.5 Å². The first-order valence-electron chi connectivity index (χ1n) is 7.23. The Labute approximate surface area is 145 Å². The molecule has 4 nitrogen and oxygen atoms in total. The van der Waals surface area contributed by atoms with Gasteiger partial charge in [-0.3, -0.25) is 9.69 Å². The highest BCUT2D eigenvalue weighted by Gasteiger charge is 2.34. The molecule has 1 aliphatic rings. The maximum absolute atomic E-state index is 12.4. The number of hydrogen-bond acceptors (Lipinski definition) is 3. The second-order valence-corrected chi connectivity index (χ2v) is 5.80. The number of thiocarbonyl (C=S) groups is 1. The summed E-state index contributed by atoms with van der Waals surface area (Å²) in [4.78, 5) is 15.7. The molecular weight excluding hydrogens is 332 g/mol. The van der Waals surface area contributed by atoms with E-state index in [0.717, 1.165) is 17.1 Å². The van der Waals surface area contributed by atoms with Crippen LogP contribution in [0.25, 0.3) is 0 Å². The van der Waals surface area contributed by atoms with Gasteiger partial charge in [-0.05, 0) is 67.7 Å². The maximum Gasteiger partial charge on any atom is 0.253 e. The fourth-order valence-electron chi connectivity index (χ4n) is 2.44. The van der Waals surface area contributed by atoms with Crippen LogP contribution in [-0.4, -0.2) is 24.2 Å². The average Bonchev–Trinajstić information content (AvgIpc) is 2.84. The van der Waals surface area contributed by atoms with E-state index in [4.69, 9.17) is 28.6 Å². The molecule has 118 valence electrons. The van der Waals surface area contributed by atoms with E-state index >= 15 is 0 Å². The molecule has 23 heavy (non-hydrogen) atoms. The van der Waals surface area contributed by atoms with Crippen molar-refractivity contribution in [1.82, 2.24) is 0 Å². The van der Waals surface area contributed by atoms with Crippen molar-refractivity contribution < 1.29 is 9.53 Å². The normalized spacial score (nSPS) is 14.5. The van der Waals surface area contributed by atoms with E-state index in [-0.39, 0.29) is 12.5 Å². The molecule has 0 saturated carbocycles. The number of nitrogens with zero attached hydrogens (tertiary/aromatic N) is 2. The van der Waals surface area contributed by atoms with Crippen molar-refractivity contribution in [3.05, 3.63) is 53.6 Å². The minimum absolute atomic E-state index is 0.0637. The van der Waals surface area contributed by atoms with Gasteiger partial charge in [-0.2, -0.15) is 0 Å². The molecule has 1 heterocycles. The smallest absolute Gasteiger partial charge is 0.253 e. The van der Waals surface area contributed by atoms with Gasteiger partial charge in [0.25, 0.3) is 5.91 Å². The van der Waals surface area contributed by atoms with Crippen LogP contribution in [-0.2, 0) is 4.79 Å². The number of anilines is 2. The predicted molar refractivity (Wildman–Crippen MR) is 96.5 cm³/mol. The van der Waals surface area contributed by atoms with E-state index in [1.165, 1.54) is 4.90 Å². The van der Waals surface area contributed by atoms with Gasteiger partial charge < -0.3 is 9.64 Å². The van der Waals surface area contributed by atoms with Gasteiger partial charge >= 0.3 is 0 Å². The molecule has 1 amide bonds. The summed E-state index contributed by atoms with van der Waals surface area (Å²) in [6.45, 7) is 2.77. The minimum Gasteiger partial charge on any atom is -0.494 e. The lowest BCUT2D eigenvalue weighted by Gasteiger charge is -2.20. The molecule has 1 saturated heterocycles. The van der Waals surface area contributed by atoms with E-state index in [0.29, 0.717) is 16.7 Å². The largest absolute Gasteiger partial charge is 0.494 e. The standard InChI is InChI=1S/C17H15ClN2O2S/c1-2-22-15-9-7-13(8-10-15)19-11-16(21)20(17(19)23)14-5-3-12(18)4-6-14/h3-10H,2,11H2,1H3. The van der Waals surface area contributed by atoms with Crippen molar-refractivity contribution in [3.63, 3.8) is 0 Å². The van der Waals surface area contributed by atoms with Crippen molar-refractivity contribution in [2.24, 2.45) is 0 Å². The third-order valence-electron chi connectivity index (χ3n) is 3.51. The summed E-state index contributed by atoms with van der Waals surface area (Å²) in [5.41, 5.74) is 1.58. The van der Waals surface area contributed by atoms with E-state index < -0.39 is 0 Å². The van der Waals surface area contributed by atoms with Crippen LogP contribution in [0.5, 0.6) is 5.75 Å². The van der Waals surface area contributed by atoms with Gasteiger partial charge in [0.2, 0.25) is 0 Å². The number of hydrogen-bond donors (Lipinski definition) is 0. The molecule has 2 aromatic rings. The molecule has 0 radical (unpaired) electrons. The monoisotopic (exact) mass is 346 g/mol. The van der Waals surface area contributed by atoms with Crippen LogP contribution >= 0.6 is 23.8 Å². The number of ether oxygens (including phenoxy) is 1. The Morgan fingerprint density at radius 2 is 1.70 bits per heavy atom. The Balaban J connectivity index is 1.84. The summed E-state index contributed by atoms with van der Waals surface area (Å²) in [5.74, 6) is 0.730. The second kappa shape index (κ2) is 6.56. The third-order valence-corrected chi connectivity index (χ3v) is 4.16. The molecule has 0 aromatic heterocycles. The minimum atomic E-state index is -0.0637. The van der Waals surface area contributed by atoms with Gasteiger partial charge in [0.1, 0.15) is 12.3 Å². The lowest BCUT2D eigenvalue weighted by molar-refractivity contribution is -0.115. The van der Waals surface area contributed by atoms with Crippen LogP contribution in [0.4, 0.5) is 11.4 Å². The molecule has 1 aliphatic heterocycles. The van der Waals surface area contributed by atoms with E-state index in [2.05, 4.69) is 0 Å². The van der Waals surface area contributed by atoms with Gasteiger partial charge in [-0.1, -0.05) is 11.6 Å². The first-order chi connectivity index (χ1) is 11.1. The molecule has 0 bridgehead atoms. The number of carbonyl (C=O) groups excluding carboxylic acids is 1. The average molecular weight is 347 g/mol. The van der Waals surface area contributed by atoms with Gasteiger partial charge in [-0.25, -0.2) is 0 Å². The number of carbonyl (C=O) groups is 1. The van der Waals surface area contributed by atoms with Crippen LogP contribution in [0, 0.1) is 0 Å². The molecule has 0 unspecified atom stereocenters. The lowest BCUT2D eigenvalue weighted by atomic mass is 10.3. The van der Waals surface area contributed by atoms with Crippen LogP contribution in [0.2, 0.25) is 5.02 Å². The molecule has 0 spiro atoms. The van der Waals surface area contributed by atoms with Crippen LogP contribution < -0.4 is 14.5 Å². The van der Waals surface area contributed by atoms with Crippen LogP contribution in [0.3, 0.4) is 0 Å². The number of benzene rings is 2.